The van der Waals surface area contributed by atoms with Gasteiger partial charge in [0.2, 0.25) is 0 Å². The number of hydrogen-bond acceptors (Lipinski definition) is 8. The number of rotatable bonds is 10. The molecule has 0 N–H and O–H groups in total. The first-order valence-corrected chi connectivity index (χ1v) is 15.9. The number of halogens is 2. The Kier molecular flexibility index (Phi) is 13.6. The van der Waals surface area contributed by atoms with Gasteiger partial charge in [0.1, 0.15) is 11.4 Å². The molecule has 43 heavy (non-hydrogen) atoms. The average molecular weight is 676 g/mol. The number of alkyl halides is 2. The van der Waals surface area contributed by atoms with Crippen molar-refractivity contribution in [2.45, 2.75) is 83.0 Å². The van der Waals surface area contributed by atoms with Gasteiger partial charge < -0.3 is 18.9 Å². The van der Waals surface area contributed by atoms with Crippen LogP contribution in [-0.2, 0) is 43.4 Å². The Labute approximate surface area is 266 Å². The van der Waals surface area contributed by atoms with Gasteiger partial charge in [0, 0.05) is 24.4 Å². The fourth-order valence-electron chi connectivity index (χ4n) is 4.50. The van der Waals surface area contributed by atoms with E-state index < -0.39 is 0 Å². The Bertz CT molecular complexity index is 1240. The van der Waals surface area contributed by atoms with Crippen LogP contribution >= 0.6 is 27.5 Å². The number of aromatic nitrogens is 6. The van der Waals surface area contributed by atoms with Crippen LogP contribution in [0.1, 0.15) is 68.5 Å². The molecular formula is C31H40BrClN6O4. The minimum atomic E-state index is -0.105. The first-order chi connectivity index (χ1) is 20.7. The van der Waals surface area contributed by atoms with Crippen LogP contribution in [0.3, 0.4) is 0 Å². The lowest BCUT2D eigenvalue weighted by molar-refractivity contribution is -0.169. The Morgan fingerprint density at radius 1 is 0.721 bits per heavy atom. The van der Waals surface area contributed by atoms with E-state index in [-0.39, 0.29) is 20.0 Å². The Morgan fingerprint density at radius 2 is 1.19 bits per heavy atom. The van der Waals surface area contributed by atoms with Gasteiger partial charge in [0.05, 0.1) is 37.0 Å². The van der Waals surface area contributed by atoms with E-state index in [9.17, 15) is 0 Å². The third-order valence-electron chi connectivity index (χ3n) is 6.90. The van der Waals surface area contributed by atoms with Crippen LogP contribution in [0, 0.1) is 0 Å². The minimum Gasteiger partial charge on any atom is -0.353 e. The van der Waals surface area contributed by atoms with Gasteiger partial charge in [-0.05, 0) is 73.9 Å². The normalized spacial score (nSPS) is 18.4. The maximum atomic E-state index is 5.78. The molecule has 0 aliphatic carbocycles. The van der Waals surface area contributed by atoms with E-state index in [1.54, 1.807) is 9.36 Å². The molecule has 4 heterocycles. The van der Waals surface area contributed by atoms with Crippen LogP contribution < -0.4 is 0 Å². The number of nitrogens with zero attached hydrogens (tertiary/aromatic N) is 6. The Balaban J connectivity index is 0.000000192. The Morgan fingerprint density at radius 3 is 1.58 bits per heavy atom. The molecule has 6 rings (SSSR count). The van der Waals surface area contributed by atoms with E-state index in [0.717, 1.165) is 85.4 Å². The van der Waals surface area contributed by atoms with Gasteiger partial charge in [-0.1, -0.05) is 58.0 Å². The van der Waals surface area contributed by atoms with Crippen LogP contribution in [0.15, 0.2) is 60.9 Å². The van der Waals surface area contributed by atoms with Gasteiger partial charge in [-0.2, -0.15) is 0 Å². The average Bonchev–Trinajstić information content (AvgIpc) is 3.75. The number of hydrogen-bond donors (Lipinski definition) is 0. The molecule has 2 atom stereocenters. The van der Waals surface area contributed by atoms with E-state index in [1.165, 1.54) is 5.56 Å². The van der Waals surface area contributed by atoms with Gasteiger partial charge >= 0.3 is 0 Å². The second-order valence-corrected chi connectivity index (χ2v) is 11.0. The quantitative estimate of drug-likeness (QED) is 0.168. The van der Waals surface area contributed by atoms with Crippen molar-refractivity contribution in [2.75, 3.05) is 13.2 Å². The van der Waals surface area contributed by atoms with Crippen LogP contribution in [-0.4, -0.2) is 55.8 Å². The van der Waals surface area contributed by atoms with Crippen molar-refractivity contribution in [3.8, 4) is 11.4 Å². The monoisotopic (exact) mass is 674 g/mol. The van der Waals surface area contributed by atoms with E-state index in [2.05, 4.69) is 48.7 Å². The van der Waals surface area contributed by atoms with Gasteiger partial charge in [-0.25, -0.2) is 9.36 Å². The number of ether oxygens (including phenoxy) is 4. The molecule has 2 aliphatic rings. The molecule has 232 valence electrons. The summed E-state index contributed by atoms with van der Waals surface area (Å²) in [5.74, 6) is 0.512. The van der Waals surface area contributed by atoms with Crippen molar-refractivity contribution in [3.05, 3.63) is 83.4 Å². The summed E-state index contributed by atoms with van der Waals surface area (Å²) in [5, 5.41) is 17.4. The zero-order valence-corrected chi connectivity index (χ0v) is 25.8. The second kappa shape index (κ2) is 17.6. The van der Waals surface area contributed by atoms with Crippen molar-refractivity contribution in [3.63, 3.8) is 0 Å². The van der Waals surface area contributed by atoms with Crippen molar-refractivity contribution >= 4 is 27.5 Å². The zero-order chi connectivity index (χ0) is 29.0. The summed E-state index contributed by atoms with van der Waals surface area (Å²) in [7, 11) is 0. The predicted molar refractivity (Wildman–Crippen MR) is 168 cm³/mol. The maximum absolute atomic E-state index is 5.78. The third-order valence-corrected chi connectivity index (χ3v) is 7.86. The highest BCUT2D eigenvalue weighted by Gasteiger charge is 2.16. The van der Waals surface area contributed by atoms with Crippen LogP contribution in [0.25, 0.3) is 11.4 Å². The molecule has 2 fully saturated rings. The van der Waals surface area contributed by atoms with Crippen LogP contribution in [0.2, 0.25) is 0 Å². The van der Waals surface area contributed by atoms with Crippen molar-refractivity contribution < 1.29 is 18.9 Å². The summed E-state index contributed by atoms with van der Waals surface area (Å²) in [6.07, 6.45) is 10.0. The van der Waals surface area contributed by atoms with Crippen molar-refractivity contribution in [1.29, 1.82) is 0 Å². The van der Waals surface area contributed by atoms with Crippen LogP contribution in [0.4, 0.5) is 0 Å². The summed E-state index contributed by atoms with van der Waals surface area (Å²) in [4.78, 5) is 0. The number of benzene rings is 2. The first kappa shape index (κ1) is 33.2. The summed E-state index contributed by atoms with van der Waals surface area (Å²) in [6.45, 7) is 2.43. The lowest BCUT2D eigenvalue weighted by Crippen LogP contribution is -2.22. The summed E-state index contributed by atoms with van der Waals surface area (Å²) < 4.78 is 26.0. The van der Waals surface area contributed by atoms with E-state index >= 15 is 0 Å². The molecule has 0 saturated carbocycles. The van der Waals surface area contributed by atoms with Crippen LogP contribution in [0.5, 0.6) is 0 Å². The summed E-state index contributed by atoms with van der Waals surface area (Å²) in [5.41, 5.74) is 5.87. The summed E-state index contributed by atoms with van der Waals surface area (Å²) in [6, 6.07) is 16.1. The van der Waals surface area contributed by atoms with Gasteiger partial charge in [0.25, 0.3) is 0 Å². The molecule has 2 aliphatic heterocycles. The lowest BCUT2D eigenvalue weighted by atomic mass is 10.2. The molecule has 4 aromatic rings. The van der Waals surface area contributed by atoms with E-state index in [0.29, 0.717) is 19.1 Å². The standard InChI is InChI=1S/C15H18BrN3O2.C15H18ClN3O2.CH4/c2*16-9-12-4-6-14(7-5-12)19-10-13(17-18-19)11-21-15-3-1-2-8-20-15;/h2*4-7,10,15H,1-3,8-9,11H2;1H4. The highest BCUT2D eigenvalue weighted by atomic mass is 79.9. The molecule has 0 radical (unpaired) electrons. The second-order valence-electron chi connectivity index (χ2n) is 10.1. The molecule has 2 unspecified atom stereocenters. The van der Waals surface area contributed by atoms with Gasteiger partial charge in [-0.15, -0.1) is 21.8 Å². The van der Waals surface area contributed by atoms with Gasteiger partial charge in [0.15, 0.2) is 12.6 Å². The van der Waals surface area contributed by atoms with Gasteiger partial charge in [-0.3, -0.25) is 0 Å². The largest absolute Gasteiger partial charge is 0.353 e. The molecule has 2 aromatic heterocycles. The topological polar surface area (TPSA) is 98.3 Å². The van der Waals surface area contributed by atoms with E-state index in [4.69, 9.17) is 30.5 Å². The van der Waals surface area contributed by atoms with Crippen molar-refractivity contribution in [2.24, 2.45) is 0 Å². The fraction of sp³-hybridized carbons (Fsp3) is 0.484. The molecular weight excluding hydrogens is 636 g/mol. The first-order valence-electron chi connectivity index (χ1n) is 14.3. The van der Waals surface area contributed by atoms with E-state index in [1.807, 2.05) is 48.8 Å². The minimum absolute atomic E-state index is 0. The van der Waals surface area contributed by atoms with Crippen molar-refractivity contribution in [1.82, 2.24) is 30.0 Å². The predicted octanol–water partition coefficient (Wildman–Crippen LogP) is 6.89. The fourth-order valence-corrected chi connectivity index (χ4v) is 5.05. The molecule has 2 saturated heterocycles. The molecule has 12 heteroatoms. The maximum Gasteiger partial charge on any atom is 0.158 e. The molecule has 0 bridgehead atoms. The molecule has 0 spiro atoms. The molecule has 2 aromatic carbocycles. The Hall–Kier alpha value is -2.67. The smallest absolute Gasteiger partial charge is 0.158 e. The summed E-state index contributed by atoms with van der Waals surface area (Å²) >= 11 is 9.22. The highest BCUT2D eigenvalue weighted by molar-refractivity contribution is 9.08. The molecule has 10 nitrogen and oxygen atoms in total. The SMILES string of the molecule is BrCc1ccc(-n2cc(COC3CCCCO3)nn2)cc1.C.ClCc1ccc(-n2cc(COC3CCCCO3)nn2)cc1. The lowest BCUT2D eigenvalue weighted by Gasteiger charge is -2.22. The zero-order valence-electron chi connectivity index (χ0n) is 23.5. The highest BCUT2D eigenvalue weighted by Crippen LogP contribution is 2.17. The third kappa shape index (κ3) is 10.2. The molecule has 0 amide bonds.